The Bertz CT molecular complexity index is 325. The molecule has 4 nitrogen and oxygen atoms in total. The Labute approximate surface area is 99.7 Å². The molecule has 1 aromatic rings. The van der Waals surface area contributed by atoms with Gasteiger partial charge in [-0.15, -0.1) is 23.7 Å². The van der Waals surface area contributed by atoms with Crippen LogP contribution in [0.25, 0.3) is 0 Å². The Morgan fingerprint density at radius 2 is 2.13 bits per heavy atom. The number of halogens is 1. The van der Waals surface area contributed by atoms with Gasteiger partial charge in [-0.05, 0) is 12.8 Å². The van der Waals surface area contributed by atoms with E-state index < -0.39 is 6.04 Å². The molecule has 0 radical (unpaired) electrons. The highest BCUT2D eigenvalue weighted by atomic mass is 35.5. The molecule has 0 saturated heterocycles. The van der Waals surface area contributed by atoms with Gasteiger partial charge in [-0.3, -0.25) is 4.79 Å². The lowest BCUT2D eigenvalue weighted by Crippen LogP contribution is -2.32. The second-order valence-electron chi connectivity index (χ2n) is 3.51. The lowest BCUT2D eigenvalue weighted by Gasteiger charge is -2.03. The third kappa shape index (κ3) is 4.15. The maximum atomic E-state index is 11.2. The zero-order chi connectivity index (χ0) is 10.7. The predicted molar refractivity (Wildman–Crippen MR) is 65.7 cm³/mol. The summed E-state index contributed by atoms with van der Waals surface area (Å²) in [5.41, 5.74) is 6.41. The second-order valence-corrected chi connectivity index (χ2v) is 4.37. The fraction of sp³-hybridized carbons (Fsp3) is 0.556. The molecular weight excluding hydrogens is 234 g/mol. The first-order chi connectivity index (χ1) is 6.50. The molecule has 86 valence electrons. The number of carbonyl (C=O) groups is 1. The van der Waals surface area contributed by atoms with Crippen LogP contribution in [-0.2, 0) is 4.79 Å². The van der Waals surface area contributed by atoms with Crippen molar-refractivity contribution in [2.45, 2.75) is 32.7 Å². The summed E-state index contributed by atoms with van der Waals surface area (Å²) in [6.07, 6.45) is 0. The number of hydrogen-bond acceptors (Lipinski definition) is 4. The number of aromatic nitrogens is 1. The molecule has 0 spiro atoms. The summed E-state index contributed by atoms with van der Waals surface area (Å²) in [7, 11) is 0. The van der Waals surface area contributed by atoms with Crippen molar-refractivity contribution in [3.63, 3.8) is 0 Å². The van der Waals surface area contributed by atoms with Crippen molar-refractivity contribution >= 4 is 34.8 Å². The largest absolute Gasteiger partial charge is 0.320 e. The maximum Gasteiger partial charge on any atom is 0.242 e. The van der Waals surface area contributed by atoms with Crippen molar-refractivity contribution in [2.24, 2.45) is 5.73 Å². The number of carbonyl (C=O) groups excluding carboxylic acids is 1. The molecule has 1 rings (SSSR count). The molecule has 3 N–H and O–H groups in total. The first kappa shape index (κ1) is 14.3. The maximum absolute atomic E-state index is 11.2. The van der Waals surface area contributed by atoms with Gasteiger partial charge in [0.05, 0.1) is 11.7 Å². The molecule has 0 aliphatic carbocycles. The Morgan fingerprint density at radius 1 is 1.53 bits per heavy atom. The number of rotatable bonds is 3. The molecule has 0 aliphatic heterocycles. The Kier molecular flexibility index (Phi) is 5.79. The zero-order valence-electron chi connectivity index (χ0n) is 8.98. The fourth-order valence-electron chi connectivity index (χ4n) is 0.828. The minimum Gasteiger partial charge on any atom is -0.320 e. The highest BCUT2D eigenvalue weighted by molar-refractivity contribution is 7.13. The van der Waals surface area contributed by atoms with E-state index in [1.165, 1.54) is 11.3 Å². The summed E-state index contributed by atoms with van der Waals surface area (Å²) in [5, 5.41) is 5.23. The average Bonchev–Trinajstić information content (AvgIpc) is 2.52. The summed E-state index contributed by atoms with van der Waals surface area (Å²) in [5.74, 6) is 0.182. The molecule has 6 heteroatoms. The van der Waals surface area contributed by atoms with Crippen molar-refractivity contribution in [1.29, 1.82) is 0 Å². The second kappa shape index (κ2) is 6.05. The first-order valence-electron chi connectivity index (χ1n) is 4.52. The lowest BCUT2D eigenvalue weighted by atomic mass is 10.2. The molecule has 1 amide bonds. The van der Waals surface area contributed by atoms with Gasteiger partial charge in [0, 0.05) is 5.38 Å². The molecule has 0 unspecified atom stereocenters. The van der Waals surface area contributed by atoms with E-state index in [1.54, 1.807) is 6.92 Å². The van der Waals surface area contributed by atoms with Crippen LogP contribution in [-0.4, -0.2) is 16.9 Å². The molecule has 0 aromatic carbocycles. The minimum absolute atomic E-state index is 0. The summed E-state index contributed by atoms with van der Waals surface area (Å²) in [6, 6.07) is -0.499. The van der Waals surface area contributed by atoms with Crippen LogP contribution in [0, 0.1) is 0 Å². The van der Waals surface area contributed by atoms with Crippen molar-refractivity contribution < 1.29 is 4.79 Å². The van der Waals surface area contributed by atoms with Crippen LogP contribution in [0.5, 0.6) is 0 Å². The van der Waals surface area contributed by atoms with E-state index in [0.29, 0.717) is 11.0 Å². The number of nitrogens with zero attached hydrogens (tertiary/aromatic N) is 1. The molecule has 1 heterocycles. The summed E-state index contributed by atoms with van der Waals surface area (Å²) in [4.78, 5) is 15.5. The van der Waals surface area contributed by atoms with E-state index >= 15 is 0 Å². The minimum atomic E-state index is -0.499. The predicted octanol–water partition coefficient (Wildman–Crippen LogP) is 1.97. The number of nitrogens with one attached hydrogen (secondary N) is 1. The Morgan fingerprint density at radius 3 is 2.53 bits per heavy atom. The molecule has 0 saturated carbocycles. The molecular formula is C9H16ClN3OS. The topological polar surface area (TPSA) is 68.0 Å². The molecule has 0 aliphatic rings. The van der Waals surface area contributed by atoms with Crippen molar-refractivity contribution in [3.8, 4) is 0 Å². The number of thiazole rings is 1. The van der Waals surface area contributed by atoms with Crippen LogP contribution >= 0.6 is 23.7 Å². The zero-order valence-corrected chi connectivity index (χ0v) is 10.6. The van der Waals surface area contributed by atoms with Crippen LogP contribution in [0.2, 0.25) is 0 Å². The SMILES string of the molecule is CC(C)c1csc(NC(=O)[C@@H](C)N)n1.Cl. The Hall–Kier alpha value is -0.650. The molecule has 1 atom stereocenters. The van der Waals surface area contributed by atoms with E-state index in [9.17, 15) is 4.79 Å². The van der Waals surface area contributed by atoms with E-state index in [-0.39, 0.29) is 18.3 Å². The van der Waals surface area contributed by atoms with Gasteiger partial charge in [0.2, 0.25) is 5.91 Å². The molecule has 15 heavy (non-hydrogen) atoms. The summed E-state index contributed by atoms with van der Waals surface area (Å²) in [6.45, 7) is 5.77. The van der Waals surface area contributed by atoms with Crippen molar-refractivity contribution in [3.05, 3.63) is 11.1 Å². The fourth-order valence-corrected chi connectivity index (χ4v) is 1.70. The van der Waals surface area contributed by atoms with Crippen LogP contribution in [0.3, 0.4) is 0 Å². The van der Waals surface area contributed by atoms with Crippen molar-refractivity contribution in [1.82, 2.24) is 4.98 Å². The first-order valence-corrected chi connectivity index (χ1v) is 5.40. The van der Waals surface area contributed by atoms with Gasteiger partial charge in [-0.25, -0.2) is 4.98 Å². The lowest BCUT2D eigenvalue weighted by molar-refractivity contribution is -0.117. The van der Waals surface area contributed by atoms with Crippen LogP contribution in [0.4, 0.5) is 5.13 Å². The number of amides is 1. The molecule has 0 fully saturated rings. The van der Waals surface area contributed by atoms with Crippen molar-refractivity contribution in [2.75, 3.05) is 5.32 Å². The van der Waals surface area contributed by atoms with Gasteiger partial charge in [-0.2, -0.15) is 0 Å². The van der Waals surface area contributed by atoms with Crippen LogP contribution < -0.4 is 11.1 Å². The Balaban J connectivity index is 0.00000196. The van der Waals surface area contributed by atoms with E-state index in [2.05, 4.69) is 24.1 Å². The van der Waals surface area contributed by atoms with Gasteiger partial charge >= 0.3 is 0 Å². The number of anilines is 1. The van der Waals surface area contributed by atoms with E-state index in [4.69, 9.17) is 5.73 Å². The van der Waals surface area contributed by atoms with Crippen LogP contribution in [0.15, 0.2) is 5.38 Å². The quantitative estimate of drug-likeness (QED) is 0.861. The van der Waals surface area contributed by atoms with Crippen LogP contribution in [0.1, 0.15) is 32.4 Å². The van der Waals surface area contributed by atoms with Gasteiger partial charge in [-0.1, -0.05) is 13.8 Å². The van der Waals surface area contributed by atoms with Gasteiger partial charge in [0.15, 0.2) is 5.13 Å². The average molecular weight is 250 g/mol. The monoisotopic (exact) mass is 249 g/mol. The normalized spacial score (nSPS) is 12.1. The number of nitrogens with two attached hydrogens (primary N) is 1. The van der Waals surface area contributed by atoms with E-state index in [0.717, 1.165) is 5.69 Å². The molecule has 1 aromatic heterocycles. The van der Waals surface area contributed by atoms with Gasteiger partial charge in [0.1, 0.15) is 0 Å². The summed E-state index contributed by atoms with van der Waals surface area (Å²) < 4.78 is 0. The smallest absolute Gasteiger partial charge is 0.242 e. The third-order valence-electron chi connectivity index (χ3n) is 1.76. The van der Waals surface area contributed by atoms with Gasteiger partial charge < -0.3 is 11.1 Å². The number of hydrogen-bond donors (Lipinski definition) is 2. The van der Waals surface area contributed by atoms with E-state index in [1.807, 2.05) is 5.38 Å². The standard InChI is InChI=1S/C9H15N3OS.ClH/c1-5(2)7-4-14-9(11-7)12-8(13)6(3)10;/h4-6H,10H2,1-3H3,(H,11,12,13);1H/t6-;/m1./s1. The highest BCUT2D eigenvalue weighted by Crippen LogP contribution is 2.21. The molecule has 0 bridgehead atoms. The highest BCUT2D eigenvalue weighted by Gasteiger charge is 2.11. The third-order valence-corrected chi connectivity index (χ3v) is 2.53. The summed E-state index contributed by atoms with van der Waals surface area (Å²) >= 11 is 1.42. The van der Waals surface area contributed by atoms with Gasteiger partial charge in [0.25, 0.3) is 0 Å².